The van der Waals surface area contributed by atoms with Crippen LogP contribution in [0.1, 0.15) is 37.7 Å². The standard InChI is InChI=1S/C18H22F2N2O3/c19-13-7-11(8-14(20)10-13)9-15(12-3-1-4-12)22-6-2-5-18(25,16(21)23)17(22)24/h7-8,10,12,15,25H,1-6,9H2,(H2,21,23). The summed E-state index contributed by atoms with van der Waals surface area (Å²) in [5.74, 6) is -2.89. The van der Waals surface area contributed by atoms with Crippen molar-refractivity contribution in [1.82, 2.24) is 4.90 Å². The fraction of sp³-hybridized carbons (Fsp3) is 0.556. The number of halogens is 2. The number of likely N-dealkylation sites (tertiary alicyclic amines) is 1. The number of carbonyl (C=O) groups is 2. The highest BCUT2D eigenvalue weighted by molar-refractivity contribution is 6.08. The van der Waals surface area contributed by atoms with E-state index >= 15 is 0 Å². The van der Waals surface area contributed by atoms with E-state index in [-0.39, 0.29) is 24.8 Å². The molecule has 2 aliphatic rings. The lowest BCUT2D eigenvalue weighted by molar-refractivity contribution is -0.168. The van der Waals surface area contributed by atoms with E-state index in [9.17, 15) is 23.5 Å². The normalized spacial score (nSPS) is 25.6. The number of piperidine rings is 1. The average Bonchev–Trinajstić information content (AvgIpc) is 2.46. The first-order valence-electron chi connectivity index (χ1n) is 8.59. The van der Waals surface area contributed by atoms with Crippen LogP contribution in [0, 0.1) is 17.6 Å². The van der Waals surface area contributed by atoms with Crippen LogP contribution in [0.4, 0.5) is 8.78 Å². The average molecular weight is 352 g/mol. The Morgan fingerprint density at radius 1 is 1.28 bits per heavy atom. The number of carbonyl (C=O) groups excluding carboxylic acids is 2. The van der Waals surface area contributed by atoms with Crippen LogP contribution in [0.15, 0.2) is 18.2 Å². The molecule has 1 saturated heterocycles. The van der Waals surface area contributed by atoms with Gasteiger partial charge in [0.1, 0.15) is 11.6 Å². The fourth-order valence-corrected chi connectivity index (χ4v) is 3.82. The highest BCUT2D eigenvalue weighted by Gasteiger charge is 2.50. The van der Waals surface area contributed by atoms with E-state index in [2.05, 4.69) is 0 Å². The van der Waals surface area contributed by atoms with Gasteiger partial charge < -0.3 is 15.7 Å². The van der Waals surface area contributed by atoms with E-state index in [1.165, 1.54) is 17.0 Å². The summed E-state index contributed by atoms with van der Waals surface area (Å²) in [6.45, 7) is 0.396. The Morgan fingerprint density at radius 3 is 2.44 bits per heavy atom. The number of hydrogen-bond acceptors (Lipinski definition) is 3. The molecule has 136 valence electrons. The zero-order valence-corrected chi connectivity index (χ0v) is 13.9. The molecule has 2 fully saturated rings. The predicted molar refractivity (Wildman–Crippen MR) is 86.3 cm³/mol. The van der Waals surface area contributed by atoms with Crippen molar-refractivity contribution in [1.29, 1.82) is 0 Å². The lowest BCUT2D eigenvalue weighted by atomic mass is 9.75. The molecule has 3 rings (SSSR count). The minimum atomic E-state index is -2.19. The molecule has 5 nitrogen and oxygen atoms in total. The quantitative estimate of drug-likeness (QED) is 0.788. The molecule has 2 amide bonds. The van der Waals surface area contributed by atoms with Crippen molar-refractivity contribution in [2.75, 3.05) is 6.54 Å². The van der Waals surface area contributed by atoms with Crippen molar-refractivity contribution in [2.24, 2.45) is 11.7 Å². The van der Waals surface area contributed by atoms with Crippen molar-refractivity contribution in [3.05, 3.63) is 35.4 Å². The smallest absolute Gasteiger partial charge is 0.264 e. The summed E-state index contributed by atoms with van der Waals surface area (Å²) < 4.78 is 27.0. The van der Waals surface area contributed by atoms with Crippen molar-refractivity contribution < 1.29 is 23.5 Å². The van der Waals surface area contributed by atoms with Crippen LogP contribution < -0.4 is 5.73 Å². The molecule has 3 N–H and O–H groups in total. The molecule has 1 aromatic rings. The summed E-state index contributed by atoms with van der Waals surface area (Å²) >= 11 is 0. The van der Waals surface area contributed by atoms with Crippen molar-refractivity contribution in [2.45, 2.75) is 50.2 Å². The number of hydrogen-bond donors (Lipinski definition) is 2. The summed E-state index contributed by atoms with van der Waals surface area (Å²) in [6.07, 6.45) is 3.57. The van der Waals surface area contributed by atoms with Gasteiger partial charge in [0.05, 0.1) is 0 Å². The second kappa shape index (κ2) is 6.71. The van der Waals surface area contributed by atoms with Gasteiger partial charge in [-0.05, 0) is 55.7 Å². The Kier molecular flexibility index (Phi) is 4.77. The summed E-state index contributed by atoms with van der Waals surface area (Å²) in [7, 11) is 0. The largest absolute Gasteiger partial charge is 0.372 e. The maximum Gasteiger partial charge on any atom is 0.264 e. The maximum absolute atomic E-state index is 13.5. The molecule has 1 saturated carbocycles. The Balaban J connectivity index is 1.88. The summed E-state index contributed by atoms with van der Waals surface area (Å²) in [4.78, 5) is 25.8. The second-order valence-electron chi connectivity index (χ2n) is 7.07. The number of nitrogens with zero attached hydrogens (tertiary/aromatic N) is 1. The van der Waals surface area contributed by atoms with Gasteiger partial charge in [-0.25, -0.2) is 8.78 Å². The molecule has 1 heterocycles. The van der Waals surface area contributed by atoms with Gasteiger partial charge in [0.25, 0.3) is 11.8 Å². The van der Waals surface area contributed by atoms with E-state index < -0.39 is 29.0 Å². The summed E-state index contributed by atoms with van der Waals surface area (Å²) in [5, 5.41) is 10.4. The van der Waals surface area contributed by atoms with Crippen molar-refractivity contribution >= 4 is 11.8 Å². The van der Waals surface area contributed by atoms with Gasteiger partial charge in [-0.15, -0.1) is 0 Å². The molecule has 1 aromatic carbocycles. The Morgan fingerprint density at radius 2 is 1.92 bits per heavy atom. The summed E-state index contributed by atoms with van der Waals surface area (Å²) in [5.41, 5.74) is 3.50. The molecular formula is C18H22F2N2O3. The van der Waals surface area contributed by atoms with Gasteiger partial charge in [0.15, 0.2) is 0 Å². The van der Waals surface area contributed by atoms with Crippen LogP contribution in [-0.2, 0) is 16.0 Å². The van der Waals surface area contributed by atoms with E-state index in [0.717, 1.165) is 25.3 Å². The molecule has 25 heavy (non-hydrogen) atoms. The first-order valence-corrected chi connectivity index (χ1v) is 8.59. The third kappa shape index (κ3) is 3.38. The third-order valence-corrected chi connectivity index (χ3v) is 5.42. The van der Waals surface area contributed by atoms with Crippen LogP contribution in [-0.4, -0.2) is 40.0 Å². The Hall–Kier alpha value is -2.02. The molecule has 0 radical (unpaired) electrons. The molecule has 1 aliphatic carbocycles. The molecule has 0 spiro atoms. The molecule has 2 unspecified atom stereocenters. The van der Waals surface area contributed by atoms with E-state index in [1.54, 1.807) is 0 Å². The third-order valence-electron chi connectivity index (χ3n) is 5.42. The molecule has 0 bridgehead atoms. The van der Waals surface area contributed by atoms with Crippen molar-refractivity contribution in [3.63, 3.8) is 0 Å². The van der Waals surface area contributed by atoms with Crippen LogP contribution in [0.25, 0.3) is 0 Å². The second-order valence-corrected chi connectivity index (χ2v) is 7.07. The Bertz CT molecular complexity index is 673. The number of benzene rings is 1. The zero-order valence-electron chi connectivity index (χ0n) is 13.9. The Labute approximate surface area is 144 Å². The van der Waals surface area contributed by atoms with E-state index in [1.807, 2.05) is 0 Å². The molecule has 0 aromatic heterocycles. The van der Waals surface area contributed by atoms with Gasteiger partial charge in [-0.1, -0.05) is 6.42 Å². The van der Waals surface area contributed by atoms with Gasteiger partial charge in [-0.2, -0.15) is 0 Å². The van der Waals surface area contributed by atoms with Gasteiger partial charge in [0, 0.05) is 18.7 Å². The fourth-order valence-electron chi connectivity index (χ4n) is 3.82. The SMILES string of the molecule is NC(=O)C1(O)CCCN(C(Cc2cc(F)cc(F)c2)C2CCC2)C1=O. The minimum absolute atomic E-state index is 0.00362. The summed E-state index contributed by atoms with van der Waals surface area (Å²) in [6, 6.07) is 3.00. The molecular weight excluding hydrogens is 330 g/mol. The van der Waals surface area contributed by atoms with E-state index in [0.29, 0.717) is 18.5 Å². The number of primary amides is 1. The minimum Gasteiger partial charge on any atom is -0.372 e. The first-order chi connectivity index (χ1) is 11.8. The molecule has 2 atom stereocenters. The van der Waals surface area contributed by atoms with Crippen LogP contribution >= 0.6 is 0 Å². The highest BCUT2D eigenvalue weighted by Crippen LogP contribution is 2.37. The zero-order chi connectivity index (χ0) is 18.2. The van der Waals surface area contributed by atoms with Crippen LogP contribution in [0.2, 0.25) is 0 Å². The van der Waals surface area contributed by atoms with Crippen LogP contribution in [0.3, 0.4) is 0 Å². The molecule has 1 aliphatic heterocycles. The van der Waals surface area contributed by atoms with Gasteiger partial charge in [0.2, 0.25) is 5.60 Å². The highest BCUT2D eigenvalue weighted by atomic mass is 19.1. The predicted octanol–water partition coefficient (Wildman–Crippen LogP) is 1.51. The number of nitrogens with two attached hydrogens (primary N) is 1. The topological polar surface area (TPSA) is 83.6 Å². The van der Waals surface area contributed by atoms with Gasteiger partial charge >= 0.3 is 0 Å². The van der Waals surface area contributed by atoms with Crippen molar-refractivity contribution in [3.8, 4) is 0 Å². The number of amides is 2. The molecule has 7 heteroatoms. The monoisotopic (exact) mass is 352 g/mol. The lowest BCUT2D eigenvalue weighted by Gasteiger charge is -2.46. The number of rotatable bonds is 5. The maximum atomic E-state index is 13.5. The van der Waals surface area contributed by atoms with Crippen LogP contribution in [0.5, 0.6) is 0 Å². The first kappa shape index (κ1) is 17.8. The lowest BCUT2D eigenvalue weighted by Crippen LogP contribution is -2.63. The van der Waals surface area contributed by atoms with Gasteiger partial charge in [-0.3, -0.25) is 9.59 Å². The van der Waals surface area contributed by atoms with E-state index in [4.69, 9.17) is 5.73 Å². The number of aliphatic hydroxyl groups is 1.